The fourth-order valence-corrected chi connectivity index (χ4v) is 1.27. The Morgan fingerprint density at radius 3 is 2.86 bits per heavy atom. The zero-order valence-corrected chi connectivity index (χ0v) is 8.07. The van der Waals surface area contributed by atoms with Gasteiger partial charge in [-0.3, -0.25) is 4.98 Å². The second-order valence-corrected chi connectivity index (χ2v) is 3.16. The third kappa shape index (κ3) is 2.20. The smallest absolute Gasteiger partial charge is 0.148 e. The quantitative estimate of drug-likeness (QED) is 0.819. The van der Waals surface area contributed by atoms with Crippen LogP contribution >= 0.6 is 11.6 Å². The van der Waals surface area contributed by atoms with E-state index >= 15 is 0 Å². The summed E-state index contributed by atoms with van der Waals surface area (Å²) in [6.07, 6.45) is 4.91. The minimum atomic E-state index is 0.693. The molecule has 1 heterocycles. The van der Waals surface area contributed by atoms with E-state index in [-0.39, 0.29) is 0 Å². The molecule has 1 N–H and O–H groups in total. The lowest BCUT2D eigenvalue weighted by Crippen LogP contribution is -1.92. The van der Waals surface area contributed by atoms with Crippen LogP contribution in [0.4, 0.5) is 11.5 Å². The minimum absolute atomic E-state index is 0.693. The fraction of sp³-hybridized carbons (Fsp3) is 0. The molecular weight excluding hydrogens is 198 g/mol. The summed E-state index contributed by atoms with van der Waals surface area (Å²) < 4.78 is 0. The van der Waals surface area contributed by atoms with Crippen LogP contribution in [0.25, 0.3) is 0 Å². The standard InChI is InChI=1S/C10H8ClN3/c11-8-2-1-3-9(6-8)14-10-7-12-4-5-13-10/h1-7H,(H,13,14). The summed E-state index contributed by atoms with van der Waals surface area (Å²) in [5.41, 5.74) is 0.901. The Morgan fingerprint density at radius 1 is 1.21 bits per heavy atom. The zero-order valence-electron chi connectivity index (χ0n) is 7.31. The largest absolute Gasteiger partial charge is 0.339 e. The number of nitrogens with zero attached hydrogens (tertiary/aromatic N) is 2. The van der Waals surface area contributed by atoms with E-state index in [1.807, 2.05) is 24.3 Å². The van der Waals surface area contributed by atoms with E-state index in [2.05, 4.69) is 15.3 Å². The summed E-state index contributed by atoms with van der Waals surface area (Å²) in [6, 6.07) is 7.45. The van der Waals surface area contributed by atoms with Crippen molar-refractivity contribution >= 4 is 23.1 Å². The highest BCUT2D eigenvalue weighted by Crippen LogP contribution is 2.17. The third-order valence-corrected chi connectivity index (χ3v) is 1.90. The van der Waals surface area contributed by atoms with Crippen molar-refractivity contribution in [3.05, 3.63) is 47.9 Å². The van der Waals surface area contributed by atoms with Gasteiger partial charge in [-0.1, -0.05) is 17.7 Å². The molecule has 0 aliphatic rings. The summed E-state index contributed by atoms with van der Waals surface area (Å²) in [7, 11) is 0. The van der Waals surface area contributed by atoms with Gasteiger partial charge in [-0.2, -0.15) is 0 Å². The normalized spacial score (nSPS) is 9.79. The van der Waals surface area contributed by atoms with Gasteiger partial charge in [0, 0.05) is 23.1 Å². The Labute approximate surface area is 86.8 Å². The third-order valence-electron chi connectivity index (χ3n) is 1.66. The molecule has 2 rings (SSSR count). The van der Waals surface area contributed by atoms with E-state index in [9.17, 15) is 0 Å². The average Bonchev–Trinajstić information content (AvgIpc) is 2.19. The van der Waals surface area contributed by atoms with Gasteiger partial charge in [0.05, 0.1) is 6.20 Å². The Balaban J connectivity index is 2.19. The van der Waals surface area contributed by atoms with Crippen LogP contribution in [-0.4, -0.2) is 9.97 Å². The van der Waals surface area contributed by atoms with Crippen LogP contribution in [0.3, 0.4) is 0 Å². The van der Waals surface area contributed by atoms with Gasteiger partial charge < -0.3 is 5.32 Å². The van der Waals surface area contributed by atoms with Gasteiger partial charge in [-0.15, -0.1) is 0 Å². The maximum absolute atomic E-state index is 5.84. The lowest BCUT2D eigenvalue weighted by molar-refractivity contribution is 1.20. The molecule has 3 nitrogen and oxygen atoms in total. The molecule has 4 heteroatoms. The first-order chi connectivity index (χ1) is 6.84. The first kappa shape index (κ1) is 8.97. The van der Waals surface area contributed by atoms with E-state index < -0.39 is 0 Å². The van der Waals surface area contributed by atoms with Crippen LogP contribution < -0.4 is 5.32 Å². The van der Waals surface area contributed by atoms with E-state index in [4.69, 9.17) is 11.6 Å². The molecule has 0 bridgehead atoms. The minimum Gasteiger partial charge on any atom is -0.339 e. The topological polar surface area (TPSA) is 37.8 Å². The van der Waals surface area contributed by atoms with Crippen LogP contribution in [0.5, 0.6) is 0 Å². The van der Waals surface area contributed by atoms with Gasteiger partial charge >= 0.3 is 0 Å². The molecule has 0 spiro atoms. The molecule has 0 saturated heterocycles. The zero-order chi connectivity index (χ0) is 9.80. The van der Waals surface area contributed by atoms with Gasteiger partial charge in [-0.25, -0.2) is 4.98 Å². The first-order valence-corrected chi connectivity index (χ1v) is 4.51. The van der Waals surface area contributed by atoms with Crippen molar-refractivity contribution in [2.75, 3.05) is 5.32 Å². The SMILES string of the molecule is Clc1cccc(Nc2cnccn2)c1. The Hall–Kier alpha value is -1.61. The van der Waals surface area contributed by atoms with Gasteiger partial charge in [0.15, 0.2) is 0 Å². The molecule has 0 radical (unpaired) electrons. The van der Waals surface area contributed by atoms with Gasteiger partial charge in [0.25, 0.3) is 0 Å². The summed E-state index contributed by atoms with van der Waals surface area (Å²) in [6.45, 7) is 0. The lowest BCUT2D eigenvalue weighted by atomic mass is 10.3. The van der Waals surface area contributed by atoms with Crippen molar-refractivity contribution in [3.8, 4) is 0 Å². The lowest BCUT2D eigenvalue weighted by Gasteiger charge is -2.03. The van der Waals surface area contributed by atoms with E-state index in [1.54, 1.807) is 18.6 Å². The molecule has 0 aliphatic carbocycles. The fourth-order valence-electron chi connectivity index (χ4n) is 1.08. The van der Waals surface area contributed by atoms with Gasteiger partial charge in [-0.05, 0) is 18.2 Å². The summed E-state index contributed by atoms with van der Waals surface area (Å²) >= 11 is 5.84. The Bertz CT molecular complexity index is 417. The monoisotopic (exact) mass is 205 g/mol. The van der Waals surface area contributed by atoms with E-state index in [0.717, 1.165) is 5.69 Å². The van der Waals surface area contributed by atoms with Crippen LogP contribution in [0.2, 0.25) is 5.02 Å². The molecular formula is C10H8ClN3. The number of anilines is 2. The maximum atomic E-state index is 5.84. The highest BCUT2D eigenvalue weighted by Gasteiger charge is 1.95. The Kier molecular flexibility index (Phi) is 2.60. The van der Waals surface area contributed by atoms with Crippen molar-refractivity contribution in [2.24, 2.45) is 0 Å². The highest BCUT2D eigenvalue weighted by atomic mass is 35.5. The number of hydrogen-bond acceptors (Lipinski definition) is 3. The maximum Gasteiger partial charge on any atom is 0.148 e. The molecule has 0 atom stereocenters. The molecule has 0 unspecified atom stereocenters. The van der Waals surface area contributed by atoms with Gasteiger partial charge in [0.2, 0.25) is 0 Å². The Morgan fingerprint density at radius 2 is 2.14 bits per heavy atom. The summed E-state index contributed by atoms with van der Waals surface area (Å²) in [5.74, 6) is 0.703. The van der Waals surface area contributed by atoms with Crippen molar-refractivity contribution in [3.63, 3.8) is 0 Å². The molecule has 70 valence electrons. The summed E-state index contributed by atoms with van der Waals surface area (Å²) in [4.78, 5) is 8.03. The van der Waals surface area contributed by atoms with E-state index in [0.29, 0.717) is 10.8 Å². The second-order valence-electron chi connectivity index (χ2n) is 2.73. The van der Waals surface area contributed by atoms with Crippen LogP contribution in [0, 0.1) is 0 Å². The summed E-state index contributed by atoms with van der Waals surface area (Å²) in [5, 5.41) is 3.78. The number of hydrogen-bond donors (Lipinski definition) is 1. The first-order valence-electron chi connectivity index (χ1n) is 4.13. The molecule has 1 aromatic carbocycles. The number of halogens is 1. The van der Waals surface area contributed by atoms with Crippen molar-refractivity contribution in [2.45, 2.75) is 0 Å². The molecule has 2 aromatic rings. The van der Waals surface area contributed by atoms with E-state index in [1.165, 1.54) is 0 Å². The molecule has 14 heavy (non-hydrogen) atoms. The second kappa shape index (κ2) is 4.07. The number of nitrogens with one attached hydrogen (secondary N) is 1. The van der Waals surface area contributed by atoms with Crippen LogP contribution in [-0.2, 0) is 0 Å². The van der Waals surface area contributed by atoms with Gasteiger partial charge in [0.1, 0.15) is 5.82 Å². The average molecular weight is 206 g/mol. The van der Waals surface area contributed by atoms with Crippen LogP contribution in [0.15, 0.2) is 42.9 Å². The molecule has 0 aliphatic heterocycles. The molecule has 0 amide bonds. The number of benzene rings is 1. The number of rotatable bonds is 2. The molecule has 0 saturated carbocycles. The molecule has 0 fully saturated rings. The predicted molar refractivity (Wildman–Crippen MR) is 56.8 cm³/mol. The highest BCUT2D eigenvalue weighted by molar-refractivity contribution is 6.30. The number of aromatic nitrogens is 2. The van der Waals surface area contributed by atoms with Crippen LogP contribution in [0.1, 0.15) is 0 Å². The van der Waals surface area contributed by atoms with Crippen molar-refractivity contribution in [1.82, 2.24) is 9.97 Å². The predicted octanol–water partition coefficient (Wildman–Crippen LogP) is 2.87. The van der Waals surface area contributed by atoms with Crippen molar-refractivity contribution in [1.29, 1.82) is 0 Å². The molecule has 1 aromatic heterocycles. The van der Waals surface area contributed by atoms with Crippen molar-refractivity contribution < 1.29 is 0 Å².